The number of aromatic nitrogens is 1. The zero-order chi connectivity index (χ0) is 24.3. The first-order valence-electron chi connectivity index (χ1n) is 12.1. The Hall–Kier alpha value is -3.12. The summed E-state index contributed by atoms with van der Waals surface area (Å²) in [5.41, 5.74) is 4.55. The van der Waals surface area contributed by atoms with Crippen molar-refractivity contribution in [2.24, 2.45) is 5.41 Å². The number of fused-ring (bicyclic) bond motifs is 3. The average molecular weight is 464 g/mol. The Morgan fingerprint density at radius 3 is 2.50 bits per heavy atom. The minimum absolute atomic E-state index is 0.0347. The number of imide groups is 1. The number of hydrazine groups is 1. The molecule has 4 aliphatic rings. The summed E-state index contributed by atoms with van der Waals surface area (Å²) in [5.74, 6) is 0.674. The van der Waals surface area contributed by atoms with Gasteiger partial charge < -0.3 is 5.32 Å². The fourth-order valence-corrected chi connectivity index (χ4v) is 5.65. The molecule has 2 saturated heterocycles. The van der Waals surface area contributed by atoms with E-state index in [1.807, 2.05) is 0 Å². The number of nitrogens with zero attached hydrogens (tertiary/aromatic N) is 5. The minimum atomic E-state index is -0.760. The van der Waals surface area contributed by atoms with Gasteiger partial charge in [-0.2, -0.15) is 5.26 Å². The number of rotatable bonds is 3. The van der Waals surface area contributed by atoms with Crippen LogP contribution in [-0.2, 0) is 17.6 Å². The molecule has 9 heteroatoms. The molecule has 1 aromatic rings. The van der Waals surface area contributed by atoms with Crippen molar-refractivity contribution in [1.82, 2.24) is 25.5 Å². The van der Waals surface area contributed by atoms with Crippen molar-refractivity contribution in [1.29, 1.82) is 5.26 Å². The molecule has 2 fully saturated rings. The van der Waals surface area contributed by atoms with Crippen molar-refractivity contribution in [3.8, 4) is 6.07 Å². The molecular formula is C25H33N7O2. The maximum absolute atomic E-state index is 12.3. The van der Waals surface area contributed by atoms with E-state index in [0.717, 1.165) is 62.4 Å². The lowest BCUT2D eigenvalue weighted by Crippen LogP contribution is -2.56. The Kier molecular flexibility index (Phi) is 5.32. The average Bonchev–Trinajstić information content (AvgIpc) is 3.36. The fraction of sp³-hybridized carbons (Fsp3) is 0.600. The molecule has 5 rings (SSSR count). The molecule has 0 saturated carbocycles. The van der Waals surface area contributed by atoms with Crippen LogP contribution in [0.2, 0.25) is 0 Å². The predicted octanol–water partition coefficient (Wildman–Crippen LogP) is 2.17. The number of hydrogen-bond donors (Lipinski definition) is 2. The third kappa shape index (κ3) is 3.80. The molecule has 180 valence electrons. The van der Waals surface area contributed by atoms with Gasteiger partial charge in [-0.05, 0) is 54.7 Å². The number of piperidine rings is 1. The molecule has 0 aromatic carbocycles. The van der Waals surface area contributed by atoms with Crippen LogP contribution < -0.4 is 15.6 Å². The van der Waals surface area contributed by atoms with Gasteiger partial charge >= 0.3 is 6.03 Å². The highest BCUT2D eigenvalue weighted by atomic mass is 16.2. The molecule has 1 aromatic heterocycles. The Labute approximate surface area is 200 Å². The van der Waals surface area contributed by atoms with E-state index in [-0.39, 0.29) is 17.4 Å². The highest BCUT2D eigenvalue weighted by Crippen LogP contribution is 2.39. The Bertz CT molecular complexity index is 1120. The summed E-state index contributed by atoms with van der Waals surface area (Å²) in [6.07, 6.45) is 6.41. The van der Waals surface area contributed by atoms with Gasteiger partial charge in [0.05, 0.1) is 0 Å². The first-order valence-corrected chi connectivity index (χ1v) is 12.1. The van der Waals surface area contributed by atoms with Crippen molar-refractivity contribution in [3.63, 3.8) is 0 Å². The summed E-state index contributed by atoms with van der Waals surface area (Å²) in [4.78, 5) is 31.2. The molecular weight excluding hydrogens is 430 g/mol. The van der Waals surface area contributed by atoms with E-state index in [9.17, 15) is 14.9 Å². The fourth-order valence-electron chi connectivity index (χ4n) is 5.65. The largest absolute Gasteiger partial charge is 0.323 e. The topological polar surface area (TPSA) is 105 Å². The van der Waals surface area contributed by atoms with Crippen LogP contribution in [-0.4, -0.2) is 65.6 Å². The Balaban J connectivity index is 1.45. The number of nitriles is 1. The van der Waals surface area contributed by atoms with Crippen LogP contribution >= 0.6 is 0 Å². The number of amides is 3. The van der Waals surface area contributed by atoms with Crippen molar-refractivity contribution in [2.75, 3.05) is 38.2 Å². The molecule has 2 N–H and O–H groups in total. The van der Waals surface area contributed by atoms with Crippen LogP contribution in [0.4, 0.5) is 10.6 Å². The SMILES string of the molecule is CN1C(CN2CCC3(CC2)NC(=O)NC3=O)=Cc2c(nc(C#N)c3c2CCC3)N1CC(C)(C)C. The molecule has 3 aliphatic heterocycles. The summed E-state index contributed by atoms with van der Waals surface area (Å²) >= 11 is 0. The van der Waals surface area contributed by atoms with Crippen LogP contribution in [0, 0.1) is 16.7 Å². The number of nitrogens with one attached hydrogen (secondary N) is 2. The number of likely N-dealkylation sites (tertiary alicyclic amines) is 1. The number of hydrogen-bond acceptors (Lipinski definition) is 7. The molecule has 1 spiro atoms. The van der Waals surface area contributed by atoms with Crippen LogP contribution in [0.1, 0.15) is 62.4 Å². The van der Waals surface area contributed by atoms with E-state index >= 15 is 0 Å². The maximum Gasteiger partial charge on any atom is 0.322 e. The highest BCUT2D eigenvalue weighted by molar-refractivity contribution is 6.07. The van der Waals surface area contributed by atoms with E-state index in [1.165, 1.54) is 11.3 Å². The molecule has 0 unspecified atom stereocenters. The first-order chi connectivity index (χ1) is 16.1. The molecule has 0 atom stereocenters. The van der Waals surface area contributed by atoms with Gasteiger partial charge in [0.2, 0.25) is 0 Å². The summed E-state index contributed by atoms with van der Waals surface area (Å²) in [6, 6.07) is 1.95. The van der Waals surface area contributed by atoms with E-state index in [1.54, 1.807) is 0 Å². The standard InChI is InChI=1S/C25H33N7O2/c1-24(2,3)15-32-21-19(17-6-5-7-18(17)20(13-26)27-21)12-16(30(32)4)14-31-10-8-25(9-11-31)22(33)28-23(34)29-25/h12H,5-11,14-15H2,1-4H3,(H2,28,29,33,34). The monoisotopic (exact) mass is 463 g/mol. The van der Waals surface area contributed by atoms with Gasteiger partial charge in [0.25, 0.3) is 5.91 Å². The molecule has 0 radical (unpaired) electrons. The molecule has 34 heavy (non-hydrogen) atoms. The number of anilines is 1. The Morgan fingerprint density at radius 1 is 1.18 bits per heavy atom. The second kappa shape index (κ2) is 7.98. The van der Waals surface area contributed by atoms with Crippen molar-refractivity contribution in [3.05, 3.63) is 28.1 Å². The predicted molar refractivity (Wildman–Crippen MR) is 129 cm³/mol. The number of carbonyl (C=O) groups excluding carboxylic acids is 2. The summed E-state index contributed by atoms with van der Waals surface area (Å²) in [5, 5.41) is 19.4. The van der Waals surface area contributed by atoms with Gasteiger partial charge in [0.15, 0.2) is 5.82 Å². The van der Waals surface area contributed by atoms with Gasteiger partial charge in [0, 0.05) is 44.5 Å². The molecule has 9 nitrogen and oxygen atoms in total. The van der Waals surface area contributed by atoms with Crippen LogP contribution in [0.3, 0.4) is 0 Å². The lowest BCUT2D eigenvalue weighted by atomic mass is 9.87. The normalized spacial score (nSPS) is 21.7. The van der Waals surface area contributed by atoms with E-state index in [2.05, 4.69) is 65.5 Å². The quantitative estimate of drug-likeness (QED) is 0.662. The van der Waals surface area contributed by atoms with Crippen molar-refractivity contribution in [2.45, 2.75) is 58.4 Å². The molecule has 0 bridgehead atoms. The first kappa shape index (κ1) is 22.7. The second-order valence-corrected chi connectivity index (χ2v) is 11.2. The Morgan fingerprint density at radius 2 is 1.88 bits per heavy atom. The van der Waals surface area contributed by atoms with Crippen molar-refractivity contribution >= 4 is 23.8 Å². The molecule has 1 aliphatic carbocycles. The number of pyridine rings is 1. The number of likely N-dealkylation sites (N-methyl/N-ethyl adjacent to an activating group) is 1. The number of carbonyl (C=O) groups is 2. The van der Waals surface area contributed by atoms with Gasteiger partial charge in [-0.25, -0.2) is 9.78 Å². The van der Waals surface area contributed by atoms with E-state index in [4.69, 9.17) is 4.98 Å². The van der Waals surface area contributed by atoms with Crippen molar-refractivity contribution < 1.29 is 9.59 Å². The van der Waals surface area contributed by atoms with Crippen LogP contribution in [0.5, 0.6) is 0 Å². The third-order valence-corrected chi connectivity index (χ3v) is 7.46. The zero-order valence-corrected chi connectivity index (χ0v) is 20.5. The minimum Gasteiger partial charge on any atom is -0.323 e. The van der Waals surface area contributed by atoms with Gasteiger partial charge in [0.1, 0.15) is 17.3 Å². The van der Waals surface area contributed by atoms with Crippen LogP contribution in [0.25, 0.3) is 6.08 Å². The van der Waals surface area contributed by atoms with E-state index < -0.39 is 5.54 Å². The maximum atomic E-state index is 12.3. The lowest BCUT2D eigenvalue weighted by Gasteiger charge is -2.45. The van der Waals surface area contributed by atoms with Crippen LogP contribution in [0.15, 0.2) is 5.70 Å². The summed E-state index contributed by atoms with van der Waals surface area (Å²) in [7, 11) is 2.07. The van der Waals surface area contributed by atoms with Gasteiger partial charge in [-0.3, -0.25) is 25.0 Å². The second-order valence-electron chi connectivity index (χ2n) is 11.2. The molecule has 4 heterocycles. The summed E-state index contributed by atoms with van der Waals surface area (Å²) < 4.78 is 0. The zero-order valence-electron chi connectivity index (χ0n) is 20.5. The lowest BCUT2D eigenvalue weighted by molar-refractivity contribution is -0.125. The van der Waals surface area contributed by atoms with Gasteiger partial charge in [-0.15, -0.1) is 0 Å². The van der Waals surface area contributed by atoms with E-state index in [0.29, 0.717) is 18.5 Å². The third-order valence-electron chi connectivity index (χ3n) is 7.46. The summed E-state index contributed by atoms with van der Waals surface area (Å²) in [6.45, 7) is 9.62. The number of urea groups is 1. The molecule has 3 amide bonds. The smallest absolute Gasteiger partial charge is 0.322 e. The highest BCUT2D eigenvalue weighted by Gasteiger charge is 2.48. The van der Waals surface area contributed by atoms with Gasteiger partial charge in [-0.1, -0.05) is 20.8 Å².